The van der Waals surface area contributed by atoms with Crippen LogP contribution >= 0.6 is 11.8 Å². The first-order valence-electron chi connectivity index (χ1n) is 6.46. The maximum Gasteiger partial charge on any atom is 0.270 e. The molecule has 0 bridgehead atoms. The van der Waals surface area contributed by atoms with Gasteiger partial charge in [-0.2, -0.15) is 11.8 Å². The van der Waals surface area contributed by atoms with Gasteiger partial charge in [0.05, 0.1) is 10.5 Å². The van der Waals surface area contributed by atoms with Crippen LogP contribution in [0.3, 0.4) is 0 Å². The first kappa shape index (κ1) is 14.6. The Bertz CT molecular complexity index is 516. The molecule has 0 aromatic heterocycles. The summed E-state index contributed by atoms with van der Waals surface area (Å²) in [5.74, 6) is 1.83. The van der Waals surface area contributed by atoms with Crippen LogP contribution in [0.4, 0.5) is 11.4 Å². The molecule has 1 fully saturated rings. The fraction of sp³-hybridized carbons (Fsp3) is 0.462. The lowest BCUT2D eigenvalue weighted by molar-refractivity contribution is -0.384. The first-order valence-corrected chi connectivity index (χ1v) is 7.62. The van der Waals surface area contributed by atoms with Gasteiger partial charge in [-0.25, -0.2) is 0 Å². The van der Waals surface area contributed by atoms with Crippen molar-refractivity contribution in [2.45, 2.75) is 18.9 Å². The van der Waals surface area contributed by atoms with Gasteiger partial charge in [0.1, 0.15) is 0 Å². The number of carbonyl (C=O) groups excluding carboxylic acids is 1. The van der Waals surface area contributed by atoms with Crippen LogP contribution in [0.5, 0.6) is 0 Å². The average molecular weight is 295 g/mol. The molecule has 0 atom stereocenters. The topological polar surface area (TPSA) is 84.3 Å². The fourth-order valence-corrected chi connectivity index (χ4v) is 3.26. The van der Waals surface area contributed by atoms with Crippen molar-refractivity contribution in [3.8, 4) is 0 Å². The third kappa shape index (κ3) is 3.41. The van der Waals surface area contributed by atoms with Crippen LogP contribution in [-0.2, 0) is 0 Å². The van der Waals surface area contributed by atoms with Gasteiger partial charge < -0.3 is 10.6 Å². The Morgan fingerprint density at radius 2 is 2.10 bits per heavy atom. The zero-order chi connectivity index (χ0) is 14.5. The van der Waals surface area contributed by atoms with Crippen molar-refractivity contribution in [1.82, 2.24) is 5.32 Å². The standard InChI is InChI=1S/C13H17N3O3S/c1-14-12-3-2-10(16(18)19)8-11(12)13(17)15-9-4-6-20-7-5-9/h2-3,8-9,14H,4-7H2,1H3,(H,15,17). The second-order valence-corrected chi connectivity index (χ2v) is 5.82. The van der Waals surface area contributed by atoms with Gasteiger partial charge in [0.15, 0.2) is 0 Å². The maximum absolute atomic E-state index is 12.3. The molecule has 0 radical (unpaired) electrons. The molecule has 1 aromatic carbocycles. The number of carbonyl (C=O) groups is 1. The first-order chi connectivity index (χ1) is 9.61. The van der Waals surface area contributed by atoms with E-state index < -0.39 is 4.92 Å². The van der Waals surface area contributed by atoms with E-state index in [4.69, 9.17) is 0 Å². The van der Waals surface area contributed by atoms with Gasteiger partial charge >= 0.3 is 0 Å². The van der Waals surface area contributed by atoms with Crippen LogP contribution in [0.25, 0.3) is 0 Å². The molecule has 6 nitrogen and oxygen atoms in total. The van der Waals surface area contributed by atoms with Gasteiger partial charge in [0.25, 0.3) is 11.6 Å². The summed E-state index contributed by atoms with van der Waals surface area (Å²) in [5, 5.41) is 16.7. The van der Waals surface area contributed by atoms with Crippen molar-refractivity contribution in [2.75, 3.05) is 23.9 Å². The SMILES string of the molecule is CNc1ccc([N+](=O)[O-])cc1C(=O)NC1CCSCC1. The molecule has 1 aliphatic rings. The van der Waals surface area contributed by atoms with Crippen LogP contribution in [-0.4, -0.2) is 35.4 Å². The Labute approximate surface area is 121 Å². The van der Waals surface area contributed by atoms with E-state index in [0.29, 0.717) is 11.3 Å². The molecule has 1 aromatic rings. The average Bonchev–Trinajstić information content (AvgIpc) is 2.47. The third-order valence-electron chi connectivity index (χ3n) is 3.28. The molecule has 0 spiro atoms. The second kappa shape index (κ2) is 6.60. The number of rotatable bonds is 4. The van der Waals surface area contributed by atoms with Crippen LogP contribution in [0.15, 0.2) is 18.2 Å². The van der Waals surface area contributed by atoms with E-state index in [0.717, 1.165) is 24.3 Å². The van der Waals surface area contributed by atoms with Gasteiger partial charge in [-0.1, -0.05) is 0 Å². The summed E-state index contributed by atoms with van der Waals surface area (Å²) in [5.41, 5.74) is 0.839. The third-order valence-corrected chi connectivity index (χ3v) is 4.33. The van der Waals surface area contributed by atoms with Gasteiger partial charge in [0, 0.05) is 30.9 Å². The molecular weight excluding hydrogens is 278 g/mol. The second-order valence-electron chi connectivity index (χ2n) is 4.60. The van der Waals surface area contributed by atoms with Crippen LogP contribution in [0, 0.1) is 10.1 Å². The summed E-state index contributed by atoms with van der Waals surface area (Å²) in [6.07, 6.45) is 1.89. The summed E-state index contributed by atoms with van der Waals surface area (Å²) in [6, 6.07) is 4.43. The Hall–Kier alpha value is -1.76. The monoisotopic (exact) mass is 295 g/mol. The Morgan fingerprint density at radius 3 is 2.70 bits per heavy atom. The number of thioether (sulfide) groups is 1. The molecule has 1 heterocycles. The zero-order valence-electron chi connectivity index (χ0n) is 11.2. The molecule has 20 heavy (non-hydrogen) atoms. The number of non-ortho nitro benzene ring substituents is 1. The zero-order valence-corrected chi connectivity index (χ0v) is 12.0. The van der Waals surface area contributed by atoms with E-state index in [2.05, 4.69) is 10.6 Å². The van der Waals surface area contributed by atoms with Crippen LogP contribution in [0.1, 0.15) is 23.2 Å². The van der Waals surface area contributed by atoms with E-state index in [1.807, 2.05) is 11.8 Å². The van der Waals surface area contributed by atoms with E-state index in [9.17, 15) is 14.9 Å². The van der Waals surface area contributed by atoms with Gasteiger partial charge in [0.2, 0.25) is 0 Å². The summed E-state index contributed by atoms with van der Waals surface area (Å²) >= 11 is 1.88. The van der Waals surface area contributed by atoms with Crippen LogP contribution in [0.2, 0.25) is 0 Å². The predicted octanol–water partition coefficient (Wildman–Crippen LogP) is 2.26. The molecule has 2 N–H and O–H groups in total. The molecular formula is C13H17N3O3S. The van der Waals surface area contributed by atoms with Crippen molar-refractivity contribution in [2.24, 2.45) is 0 Å². The van der Waals surface area contributed by atoms with E-state index in [-0.39, 0.29) is 17.6 Å². The quantitative estimate of drug-likeness (QED) is 0.657. The number of anilines is 1. The summed E-state index contributed by atoms with van der Waals surface area (Å²) in [4.78, 5) is 22.6. The van der Waals surface area contributed by atoms with Gasteiger partial charge in [-0.05, 0) is 30.4 Å². The Morgan fingerprint density at radius 1 is 1.40 bits per heavy atom. The lowest BCUT2D eigenvalue weighted by Gasteiger charge is -2.23. The summed E-state index contributed by atoms with van der Waals surface area (Å²) in [6.45, 7) is 0. The summed E-state index contributed by atoms with van der Waals surface area (Å²) < 4.78 is 0. The molecule has 108 valence electrons. The van der Waals surface area contributed by atoms with E-state index in [1.165, 1.54) is 12.1 Å². The number of benzene rings is 1. The van der Waals surface area contributed by atoms with E-state index in [1.54, 1.807) is 13.1 Å². The van der Waals surface area contributed by atoms with Crippen molar-refractivity contribution in [1.29, 1.82) is 0 Å². The highest BCUT2D eigenvalue weighted by Crippen LogP contribution is 2.23. The molecule has 0 unspecified atom stereocenters. The van der Waals surface area contributed by atoms with Crippen LogP contribution < -0.4 is 10.6 Å². The molecule has 1 aliphatic heterocycles. The lowest BCUT2D eigenvalue weighted by Crippen LogP contribution is -2.37. The molecule has 0 aliphatic carbocycles. The molecule has 7 heteroatoms. The molecule has 1 saturated heterocycles. The largest absolute Gasteiger partial charge is 0.387 e. The highest BCUT2D eigenvalue weighted by Gasteiger charge is 2.20. The number of hydrogen-bond acceptors (Lipinski definition) is 5. The smallest absolute Gasteiger partial charge is 0.270 e. The normalized spacial score (nSPS) is 15.7. The number of nitro groups is 1. The molecule has 2 rings (SSSR count). The highest BCUT2D eigenvalue weighted by atomic mass is 32.2. The minimum Gasteiger partial charge on any atom is -0.387 e. The maximum atomic E-state index is 12.3. The molecule has 1 amide bonds. The number of amides is 1. The lowest BCUT2D eigenvalue weighted by atomic mass is 10.1. The number of nitro benzene ring substituents is 1. The van der Waals surface area contributed by atoms with Crippen molar-refractivity contribution in [3.05, 3.63) is 33.9 Å². The minimum absolute atomic E-state index is 0.0756. The Balaban J connectivity index is 2.18. The molecule has 0 saturated carbocycles. The predicted molar refractivity (Wildman–Crippen MR) is 80.5 cm³/mol. The van der Waals surface area contributed by atoms with E-state index >= 15 is 0 Å². The number of nitrogens with zero attached hydrogens (tertiary/aromatic N) is 1. The van der Waals surface area contributed by atoms with Crippen molar-refractivity contribution >= 4 is 29.0 Å². The highest BCUT2D eigenvalue weighted by molar-refractivity contribution is 7.99. The Kier molecular flexibility index (Phi) is 4.84. The number of hydrogen-bond donors (Lipinski definition) is 2. The fourth-order valence-electron chi connectivity index (χ4n) is 2.16. The minimum atomic E-state index is -0.493. The number of nitrogens with one attached hydrogen (secondary N) is 2. The van der Waals surface area contributed by atoms with Crippen molar-refractivity contribution in [3.63, 3.8) is 0 Å². The van der Waals surface area contributed by atoms with Crippen molar-refractivity contribution < 1.29 is 9.72 Å². The summed E-state index contributed by atoms with van der Waals surface area (Å²) in [7, 11) is 1.69. The van der Waals surface area contributed by atoms with Gasteiger partial charge in [-0.15, -0.1) is 0 Å². The van der Waals surface area contributed by atoms with Gasteiger partial charge in [-0.3, -0.25) is 14.9 Å².